The van der Waals surface area contributed by atoms with Crippen LogP contribution in [0.25, 0.3) is 0 Å². The first-order valence-corrected chi connectivity index (χ1v) is 10.6. The van der Waals surface area contributed by atoms with Gasteiger partial charge >= 0.3 is 0 Å². The molecule has 1 unspecified atom stereocenters. The third kappa shape index (κ3) is 3.26. The monoisotopic (exact) mass is 376 g/mol. The molecule has 7 heteroatoms. The normalized spacial score (nSPS) is 33.3. The van der Waals surface area contributed by atoms with Crippen LogP contribution in [0.5, 0.6) is 0 Å². The zero-order valence-corrected chi connectivity index (χ0v) is 16.6. The molecule has 0 aromatic carbocycles. The molecule has 4 aliphatic rings. The van der Waals surface area contributed by atoms with Crippen LogP contribution in [0, 0.1) is 23.2 Å². The number of aromatic nitrogens is 2. The number of nitrogens with zero attached hydrogens (tertiary/aromatic N) is 2. The molecule has 6 nitrogen and oxygen atoms in total. The number of anilines is 1. The van der Waals surface area contributed by atoms with Crippen LogP contribution in [0.3, 0.4) is 0 Å². The first-order valence-electron chi connectivity index (χ1n) is 9.80. The molecule has 1 aromatic rings. The van der Waals surface area contributed by atoms with Crippen molar-refractivity contribution in [2.24, 2.45) is 23.2 Å². The Morgan fingerprint density at radius 1 is 1.04 bits per heavy atom. The Balaban J connectivity index is 1.37. The number of rotatable bonds is 5. The SMILES string of the molecule is CC(NC(=O)C12CC3CC(CC(C3)C1)C2)C(=O)Nc1nnc(C(C)C)s1. The van der Waals surface area contributed by atoms with E-state index in [1.54, 1.807) is 6.92 Å². The van der Waals surface area contributed by atoms with Crippen molar-refractivity contribution in [1.82, 2.24) is 15.5 Å². The molecule has 1 atom stereocenters. The quantitative estimate of drug-likeness (QED) is 0.826. The number of hydrogen-bond donors (Lipinski definition) is 2. The topological polar surface area (TPSA) is 84.0 Å². The summed E-state index contributed by atoms with van der Waals surface area (Å²) in [5.41, 5.74) is -0.225. The maximum atomic E-state index is 13.0. The first kappa shape index (κ1) is 17.9. The molecule has 2 amide bonds. The third-order valence-electron chi connectivity index (χ3n) is 6.43. The fourth-order valence-electron chi connectivity index (χ4n) is 5.54. The molecule has 0 radical (unpaired) electrons. The summed E-state index contributed by atoms with van der Waals surface area (Å²) >= 11 is 1.39. The highest BCUT2D eigenvalue weighted by Crippen LogP contribution is 2.60. The Hall–Kier alpha value is -1.50. The number of carbonyl (C=O) groups excluding carboxylic acids is 2. The van der Waals surface area contributed by atoms with E-state index in [4.69, 9.17) is 0 Å². The summed E-state index contributed by atoms with van der Waals surface area (Å²) in [6.07, 6.45) is 6.93. The Kier molecular flexibility index (Phi) is 4.53. The van der Waals surface area contributed by atoms with E-state index in [1.165, 1.54) is 30.6 Å². The van der Waals surface area contributed by atoms with Gasteiger partial charge in [-0.15, -0.1) is 10.2 Å². The maximum absolute atomic E-state index is 13.0. The van der Waals surface area contributed by atoms with Gasteiger partial charge in [0.05, 0.1) is 0 Å². The van der Waals surface area contributed by atoms with Crippen molar-refractivity contribution in [2.75, 3.05) is 5.32 Å². The molecule has 4 saturated carbocycles. The van der Waals surface area contributed by atoms with Gasteiger partial charge in [-0.05, 0) is 63.2 Å². The first-order chi connectivity index (χ1) is 12.3. The van der Waals surface area contributed by atoms with E-state index in [0.29, 0.717) is 22.9 Å². The largest absolute Gasteiger partial charge is 0.344 e. The minimum Gasteiger partial charge on any atom is -0.344 e. The average Bonchev–Trinajstić information content (AvgIpc) is 3.02. The molecule has 0 spiro atoms. The number of hydrogen-bond acceptors (Lipinski definition) is 5. The van der Waals surface area contributed by atoms with Gasteiger partial charge in [0, 0.05) is 11.3 Å². The van der Waals surface area contributed by atoms with E-state index in [2.05, 4.69) is 20.8 Å². The molecule has 5 rings (SSSR count). The van der Waals surface area contributed by atoms with E-state index in [9.17, 15) is 9.59 Å². The fraction of sp³-hybridized carbons (Fsp3) is 0.789. The van der Waals surface area contributed by atoms with Gasteiger partial charge in [-0.2, -0.15) is 0 Å². The standard InChI is InChI=1S/C19H28N4O2S/c1-10(2)16-22-23-18(26-16)21-15(24)11(3)20-17(25)19-7-12-4-13(8-19)6-14(5-12)9-19/h10-14H,4-9H2,1-3H3,(H,20,25)(H,21,23,24). The minimum atomic E-state index is -0.568. The molecule has 26 heavy (non-hydrogen) atoms. The fourth-order valence-corrected chi connectivity index (χ4v) is 6.28. The van der Waals surface area contributed by atoms with Crippen LogP contribution < -0.4 is 10.6 Å². The van der Waals surface area contributed by atoms with Crippen molar-refractivity contribution in [3.05, 3.63) is 5.01 Å². The Bertz CT molecular complexity index is 679. The van der Waals surface area contributed by atoms with Crippen molar-refractivity contribution < 1.29 is 9.59 Å². The van der Waals surface area contributed by atoms with E-state index >= 15 is 0 Å². The van der Waals surface area contributed by atoms with Crippen LogP contribution in [0.15, 0.2) is 0 Å². The summed E-state index contributed by atoms with van der Waals surface area (Å²) in [4.78, 5) is 25.5. The van der Waals surface area contributed by atoms with Crippen LogP contribution in [-0.4, -0.2) is 28.1 Å². The number of amides is 2. The Morgan fingerprint density at radius 3 is 2.12 bits per heavy atom. The highest BCUT2D eigenvalue weighted by atomic mass is 32.1. The minimum absolute atomic E-state index is 0.0828. The van der Waals surface area contributed by atoms with E-state index in [-0.39, 0.29) is 23.1 Å². The van der Waals surface area contributed by atoms with Gasteiger partial charge in [0.15, 0.2) is 0 Å². The van der Waals surface area contributed by atoms with Crippen molar-refractivity contribution in [2.45, 2.75) is 71.3 Å². The molecule has 2 N–H and O–H groups in total. The molecule has 4 aliphatic carbocycles. The highest BCUT2D eigenvalue weighted by molar-refractivity contribution is 7.15. The van der Waals surface area contributed by atoms with Gasteiger partial charge < -0.3 is 5.32 Å². The molecule has 1 heterocycles. The van der Waals surface area contributed by atoms with Crippen LogP contribution in [0.1, 0.15) is 70.2 Å². The third-order valence-corrected chi connectivity index (χ3v) is 7.56. The van der Waals surface area contributed by atoms with E-state index in [0.717, 1.165) is 24.3 Å². The summed E-state index contributed by atoms with van der Waals surface area (Å²) in [7, 11) is 0. The molecular formula is C19H28N4O2S. The summed E-state index contributed by atoms with van der Waals surface area (Å²) < 4.78 is 0. The molecule has 142 valence electrons. The lowest BCUT2D eigenvalue weighted by Crippen LogP contribution is -2.56. The summed E-state index contributed by atoms with van der Waals surface area (Å²) in [5, 5.41) is 15.3. The second-order valence-electron chi connectivity index (χ2n) is 8.98. The van der Waals surface area contributed by atoms with Crippen molar-refractivity contribution in [1.29, 1.82) is 0 Å². The van der Waals surface area contributed by atoms with Gasteiger partial charge in [0.2, 0.25) is 16.9 Å². The Labute approximate surface area is 158 Å². The number of carbonyl (C=O) groups is 2. The summed E-state index contributed by atoms with van der Waals surface area (Å²) in [6, 6.07) is -0.568. The zero-order valence-electron chi connectivity index (χ0n) is 15.7. The molecule has 0 aliphatic heterocycles. The molecule has 4 fully saturated rings. The summed E-state index contributed by atoms with van der Waals surface area (Å²) in [5.74, 6) is 2.28. The molecule has 4 bridgehead atoms. The van der Waals surface area contributed by atoms with Crippen molar-refractivity contribution >= 4 is 28.3 Å². The molecule has 1 aromatic heterocycles. The maximum Gasteiger partial charge on any atom is 0.248 e. The average molecular weight is 377 g/mol. The van der Waals surface area contributed by atoms with Crippen molar-refractivity contribution in [3.63, 3.8) is 0 Å². The highest BCUT2D eigenvalue weighted by Gasteiger charge is 2.54. The van der Waals surface area contributed by atoms with E-state index in [1.807, 2.05) is 13.8 Å². The van der Waals surface area contributed by atoms with Gasteiger partial charge in [0.25, 0.3) is 0 Å². The predicted octanol–water partition coefficient (Wildman–Crippen LogP) is 3.32. The second-order valence-corrected chi connectivity index (χ2v) is 9.99. The van der Waals surface area contributed by atoms with Crippen LogP contribution in [-0.2, 0) is 9.59 Å². The van der Waals surface area contributed by atoms with Gasteiger partial charge in [0.1, 0.15) is 11.0 Å². The predicted molar refractivity (Wildman–Crippen MR) is 101 cm³/mol. The van der Waals surface area contributed by atoms with E-state index < -0.39 is 6.04 Å². The second kappa shape index (κ2) is 6.59. The van der Waals surface area contributed by atoms with Crippen LogP contribution in [0.2, 0.25) is 0 Å². The van der Waals surface area contributed by atoms with Crippen molar-refractivity contribution in [3.8, 4) is 0 Å². The smallest absolute Gasteiger partial charge is 0.248 e. The Morgan fingerprint density at radius 2 is 1.62 bits per heavy atom. The van der Waals surface area contributed by atoms with Gasteiger partial charge in [-0.1, -0.05) is 25.2 Å². The lowest BCUT2D eigenvalue weighted by atomic mass is 9.49. The van der Waals surface area contributed by atoms with Gasteiger partial charge in [-0.3, -0.25) is 14.9 Å². The zero-order chi connectivity index (χ0) is 18.5. The van der Waals surface area contributed by atoms with Crippen LogP contribution >= 0.6 is 11.3 Å². The molecule has 0 saturated heterocycles. The summed E-state index contributed by atoms with van der Waals surface area (Å²) in [6.45, 7) is 5.83. The molecular weight excluding hydrogens is 348 g/mol. The van der Waals surface area contributed by atoms with Crippen LogP contribution in [0.4, 0.5) is 5.13 Å². The lowest BCUT2D eigenvalue weighted by Gasteiger charge is -2.55. The lowest BCUT2D eigenvalue weighted by molar-refractivity contribution is -0.147. The number of nitrogens with one attached hydrogen (secondary N) is 2. The van der Waals surface area contributed by atoms with Gasteiger partial charge in [-0.25, -0.2) is 0 Å².